The number of nitrogens with one attached hydrogen (secondary N) is 1. The largest absolute Gasteiger partial charge is 0.496 e. The molecule has 1 amide bonds. The highest BCUT2D eigenvalue weighted by atomic mass is 16.5. The van der Waals surface area contributed by atoms with Gasteiger partial charge in [-0.1, -0.05) is 48.6 Å². The third kappa shape index (κ3) is 5.95. The molecule has 0 saturated carbocycles. The molecule has 6 heteroatoms. The van der Waals surface area contributed by atoms with Gasteiger partial charge in [0, 0.05) is 17.3 Å². The molecular formula is C27H27NO5. The summed E-state index contributed by atoms with van der Waals surface area (Å²) in [6, 6.07) is 18.8. The number of carbonyl (C=O) groups is 1. The van der Waals surface area contributed by atoms with Gasteiger partial charge in [-0.25, -0.2) is 0 Å². The first-order valence-electron chi connectivity index (χ1n) is 10.3. The second-order valence-corrected chi connectivity index (χ2v) is 6.94. The Labute approximate surface area is 194 Å². The number of para-hydroxylation sites is 2. The minimum absolute atomic E-state index is 0.241. The van der Waals surface area contributed by atoms with Gasteiger partial charge in [0.2, 0.25) is 11.7 Å². The molecule has 0 aromatic heterocycles. The predicted molar refractivity (Wildman–Crippen MR) is 132 cm³/mol. The van der Waals surface area contributed by atoms with Crippen LogP contribution in [0, 0.1) is 0 Å². The minimum atomic E-state index is -0.241. The SMILES string of the molecule is COc1ccccc1/C=C/C(=O)Nc1ccccc1C=Cc1cc(OC)c(OC)c(OC)c1. The lowest BCUT2D eigenvalue weighted by Gasteiger charge is -2.13. The first-order chi connectivity index (χ1) is 16.1. The number of carbonyl (C=O) groups excluding carboxylic acids is 1. The quantitative estimate of drug-likeness (QED) is 0.346. The highest BCUT2D eigenvalue weighted by Crippen LogP contribution is 2.38. The molecule has 3 aromatic carbocycles. The molecule has 0 aliphatic heterocycles. The summed E-state index contributed by atoms with van der Waals surface area (Å²) in [6.45, 7) is 0. The van der Waals surface area contributed by atoms with E-state index < -0.39 is 0 Å². The summed E-state index contributed by atoms with van der Waals surface area (Å²) in [5.74, 6) is 2.13. The minimum Gasteiger partial charge on any atom is -0.496 e. The van der Waals surface area contributed by atoms with Gasteiger partial charge in [-0.15, -0.1) is 0 Å². The number of amides is 1. The van der Waals surface area contributed by atoms with Crippen LogP contribution in [0.15, 0.2) is 66.7 Å². The van der Waals surface area contributed by atoms with Crippen molar-refractivity contribution < 1.29 is 23.7 Å². The molecule has 0 unspecified atom stereocenters. The molecule has 0 fully saturated rings. The number of methoxy groups -OCH3 is 4. The zero-order valence-electron chi connectivity index (χ0n) is 19.1. The molecule has 0 saturated heterocycles. The molecule has 3 aromatic rings. The van der Waals surface area contributed by atoms with Crippen LogP contribution in [-0.2, 0) is 4.79 Å². The van der Waals surface area contributed by atoms with Crippen LogP contribution in [0.1, 0.15) is 16.7 Å². The lowest BCUT2D eigenvalue weighted by molar-refractivity contribution is -0.111. The summed E-state index contributed by atoms with van der Waals surface area (Å²) in [7, 11) is 6.32. The second-order valence-electron chi connectivity index (χ2n) is 6.94. The maximum Gasteiger partial charge on any atom is 0.248 e. The molecule has 170 valence electrons. The first-order valence-corrected chi connectivity index (χ1v) is 10.3. The average molecular weight is 446 g/mol. The molecule has 6 nitrogen and oxygen atoms in total. The Kier molecular flexibility index (Phi) is 8.13. The van der Waals surface area contributed by atoms with Gasteiger partial charge in [0.1, 0.15) is 5.75 Å². The van der Waals surface area contributed by atoms with Gasteiger partial charge in [-0.3, -0.25) is 4.79 Å². The van der Waals surface area contributed by atoms with Gasteiger partial charge in [0.05, 0.1) is 28.4 Å². The molecule has 3 rings (SSSR count). The standard InChI is InChI=1S/C27H27NO5/c1-30-23-12-8-6-10-21(23)15-16-26(29)28-22-11-7-5-9-20(22)14-13-19-17-24(31-2)27(33-4)25(18-19)32-3/h5-18H,1-4H3,(H,28,29)/b14-13?,16-15+. The van der Waals surface area contributed by atoms with Crippen molar-refractivity contribution in [1.82, 2.24) is 0 Å². The molecule has 0 aliphatic rings. The Morgan fingerprint density at radius 2 is 1.30 bits per heavy atom. The van der Waals surface area contributed by atoms with E-state index in [9.17, 15) is 4.79 Å². The van der Waals surface area contributed by atoms with Crippen molar-refractivity contribution in [3.63, 3.8) is 0 Å². The zero-order chi connectivity index (χ0) is 23.6. The zero-order valence-corrected chi connectivity index (χ0v) is 19.1. The number of hydrogen-bond acceptors (Lipinski definition) is 5. The van der Waals surface area contributed by atoms with Crippen LogP contribution < -0.4 is 24.3 Å². The Morgan fingerprint density at radius 3 is 1.94 bits per heavy atom. The normalized spacial score (nSPS) is 10.9. The fourth-order valence-electron chi connectivity index (χ4n) is 3.28. The molecule has 1 N–H and O–H groups in total. The van der Waals surface area contributed by atoms with Crippen LogP contribution in [0.5, 0.6) is 23.0 Å². The van der Waals surface area contributed by atoms with Crippen LogP contribution in [0.4, 0.5) is 5.69 Å². The molecule has 0 spiro atoms. The lowest BCUT2D eigenvalue weighted by atomic mass is 10.1. The van der Waals surface area contributed by atoms with Crippen molar-refractivity contribution in [2.75, 3.05) is 33.8 Å². The Hall–Kier alpha value is -4.19. The van der Waals surface area contributed by atoms with E-state index in [2.05, 4.69) is 5.32 Å². The van der Waals surface area contributed by atoms with Crippen LogP contribution in [0.3, 0.4) is 0 Å². The summed E-state index contributed by atoms with van der Waals surface area (Å²) < 4.78 is 21.5. The third-order valence-corrected chi connectivity index (χ3v) is 4.91. The molecule has 0 bridgehead atoms. The predicted octanol–water partition coefficient (Wildman–Crippen LogP) is 5.54. The van der Waals surface area contributed by atoms with E-state index in [0.29, 0.717) is 28.7 Å². The summed E-state index contributed by atoms with van der Waals surface area (Å²) in [5, 5.41) is 2.93. The van der Waals surface area contributed by atoms with Crippen molar-refractivity contribution in [2.45, 2.75) is 0 Å². The molecule has 0 radical (unpaired) electrons. The van der Waals surface area contributed by atoms with E-state index in [1.807, 2.05) is 72.8 Å². The first kappa shape index (κ1) is 23.5. The second kappa shape index (κ2) is 11.4. The van der Waals surface area contributed by atoms with E-state index in [4.69, 9.17) is 18.9 Å². The van der Waals surface area contributed by atoms with E-state index in [-0.39, 0.29) is 5.91 Å². The Morgan fingerprint density at radius 1 is 0.697 bits per heavy atom. The number of hydrogen-bond donors (Lipinski definition) is 1. The molecule has 0 aliphatic carbocycles. The summed E-state index contributed by atoms with van der Waals surface area (Å²) in [4.78, 5) is 12.5. The Bertz CT molecular complexity index is 1140. The highest BCUT2D eigenvalue weighted by Gasteiger charge is 2.12. The monoisotopic (exact) mass is 445 g/mol. The molecule has 0 heterocycles. The number of anilines is 1. The van der Waals surface area contributed by atoms with Crippen molar-refractivity contribution in [2.24, 2.45) is 0 Å². The molecule has 33 heavy (non-hydrogen) atoms. The van der Waals surface area contributed by atoms with E-state index in [1.54, 1.807) is 34.5 Å². The van der Waals surface area contributed by atoms with Gasteiger partial charge in [-0.2, -0.15) is 0 Å². The van der Waals surface area contributed by atoms with E-state index >= 15 is 0 Å². The van der Waals surface area contributed by atoms with E-state index in [0.717, 1.165) is 16.7 Å². The third-order valence-electron chi connectivity index (χ3n) is 4.91. The Balaban J connectivity index is 1.80. The van der Waals surface area contributed by atoms with Crippen LogP contribution in [0.25, 0.3) is 18.2 Å². The van der Waals surface area contributed by atoms with Crippen LogP contribution in [0.2, 0.25) is 0 Å². The number of benzene rings is 3. The van der Waals surface area contributed by atoms with E-state index in [1.165, 1.54) is 6.08 Å². The van der Waals surface area contributed by atoms with Crippen LogP contribution in [-0.4, -0.2) is 34.3 Å². The maximum absolute atomic E-state index is 12.5. The summed E-state index contributed by atoms with van der Waals surface area (Å²) >= 11 is 0. The summed E-state index contributed by atoms with van der Waals surface area (Å²) in [6.07, 6.45) is 7.04. The van der Waals surface area contributed by atoms with Crippen molar-refractivity contribution in [3.8, 4) is 23.0 Å². The number of ether oxygens (including phenoxy) is 4. The fraction of sp³-hybridized carbons (Fsp3) is 0.148. The van der Waals surface area contributed by atoms with Gasteiger partial charge >= 0.3 is 0 Å². The molecule has 0 atom stereocenters. The molecular weight excluding hydrogens is 418 g/mol. The highest BCUT2D eigenvalue weighted by molar-refractivity contribution is 6.03. The van der Waals surface area contributed by atoms with Gasteiger partial charge < -0.3 is 24.3 Å². The number of rotatable bonds is 9. The van der Waals surface area contributed by atoms with Gasteiger partial charge in [0.15, 0.2) is 11.5 Å². The topological polar surface area (TPSA) is 66.0 Å². The van der Waals surface area contributed by atoms with Crippen molar-refractivity contribution in [1.29, 1.82) is 0 Å². The lowest BCUT2D eigenvalue weighted by Crippen LogP contribution is -2.08. The van der Waals surface area contributed by atoms with Crippen molar-refractivity contribution in [3.05, 3.63) is 83.4 Å². The summed E-state index contributed by atoms with van der Waals surface area (Å²) in [5.41, 5.74) is 3.23. The van der Waals surface area contributed by atoms with Gasteiger partial charge in [0.25, 0.3) is 0 Å². The van der Waals surface area contributed by atoms with Crippen LogP contribution >= 0.6 is 0 Å². The maximum atomic E-state index is 12.5. The van der Waals surface area contributed by atoms with Crippen molar-refractivity contribution >= 4 is 29.8 Å². The fourth-order valence-corrected chi connectivity index (χ4v) is 3.28. The van der Waals surface area contributed by atoms with Gasteiger partial charge in [-0.05, 0) is 41.5 Å². The smallest absolute Gasteiger partial charge is 0.248 e. The average Bonchev–Trinajstić information content (AvgIpc) is 2.86.